The summed E-state index contributed by atoms with van der Waals surface area (Å²) < 4.78 is 38.6. The summed E-state index contributed by atoms with van der Waals surface area (Å²) in [7, 11) is 0. The van der Waals surface area contributed by atoms with Crippen LogP contribution in [0.25, 0.3) is 17.1 Å². The van der Waals surface area contributed by atoms with Crippen molar-refractivity contribution in [2.75, 3.05) is 0 Å². The Morgan fingerprint density at radius 3 is 2.36 bits per heavy atom. The lowest BCUT2D eigenvalue weighted by Crippen LogP contribution is -2.15. The Morgan fingerprint density at radius 2 is 1.77 bits per heavy atom. The number of aromatic amines is 1. The zero-order chi connectivity index (χ0) is 15.7. The van der Waals surface area contributed by atoms with Gasteiger partial charge in [0.05, 0.1) is 11.3 Å². The molecule has 0 aliphatic heterocycles. The van der Waals surface area contributed by atoms with Crippen LogP contribution in [0.2, 0.25) is 0 Å². The minimum Gasteiger partial charge on any atom is -0.289 e. The third-order valence-corrected chi connectivity index (χ3v) is 3.11. The van der Waals surface area contributed by atoms with Gasteiger partial charge in [-0.15, -0.1) is 0 Å². The molecule has 3 rings (SSSR count). The number of aromatic nitrogens is 3. The van der Waals surface area contributed by atoms with Crippen LogP contribution in [0.4, 0.5) is 13.2 Å². The molecule has 2 aromatic heterocycles. The molecule has 0 aliphatic rings. The second-order valence-electron chi connectivity index (χ2n) is 4.61. The number of hydrogen-bond acceptors (Lipinski definition) is 2. The van der Waals surface area contributed by atoms with Crippen LogP contribution in [-0.2, 0) is 6.18 Å². The van der Waals surface area contributed by atoms with E-state index < -0.39 is 17.3 Å². The van der Waals surface area contributed by atoms with Crippen molar-refractivity contribution >= 4 is 0 Å². The molecule has 0 saturated carbocycles. The van der Waals surface area contributed by atoms with Gasteiger partial charge in [0, 0.05) is 12.3 Å². The number of H-pyrrole nitrogens is 1. The maximum Gasteiger partial charge on any atom is 0.417 e. The predicted molar refractivity (Wildman–Crippen MR) is 74.6 cm³/mol. The van der Waals surface area contributed by atoms with Gasteiger partial charge in [-0.2, -0.15) is 13.2 Å². The number of benzene rings is 1. The molecule has 0 radical (unpaired) electrons. The molecule has 0 aliphatic carbocycles. The molecule has 0 atom stereocenters. The highest BCUT2D eigenvalue weighted by Crippen LogP contribution is 2.28. The average molecular weight is 305 g/mol. The van der Waals surface area contributed by atoms with Crippen molar-refractivity contribution < 1.29 is 13.2 Å². The van der Waals surface area contributed by atoms with E-state index >= 15 is 0 Å². The number of pyridine rings is 1. The van der Waals surface area contributed by atoms with Crippen molar-refractivity contribution in [1.82, 2.24) is 14.8 Å². The van der Waals surface area contributed by atoms with Crippen LogP contribution in [0.1, 0.15) is 5.56 Å². The Bertz CT molecular complexity index is 833. The monoisotopic (exact) mass is 305 g/mol. The van der Waals surface area contributed by atoms with Crippen LogP contribution in [-0.4, -0.2) is 14.8 Å². The lowest BCUT2D eigenvalue weighted by Gasteiger charge is -2.07. The Labute approximate surface area is 122 Å². The molecule has 2 heterocycles. The van der Waals surface area contributed by atoms with Gasteiger partial charge >= 0.3 is 6.18 Å². The van der Waals surface area contributed by atoms with Crippen LogP contribution in [0.15, 0.2) is 59.5 Å². The fourth-order valence-corrected chi connectivity index (χ4v) is 2.02. The molecule has 0 spiro atoms. The maximum atomic E-state index is 12.5. The smallest absolute Gasteiger partial charge is 0.289 e. The quantitative estimate of drug-likeness (QED) is 0.790. The van der Waals surface area contributed by atoms with Crippen molar-refractivity contribution in [2.24, 2.45) is 0 Å². The minimum absolute atomic E-state index is 0.0974. The van der Waals surface area contributed by atoms with Gasteiger partial charge in [0.1, 0.15) is 0 Å². The first-order chi connectivity index (χ1) is 10.4. The molecule has 112 valence electrons. The highest BCUT2D eigenvalue weighted by Gasteiger charge is 2.30. The molecule has 1 aromatic carbocycles. The third-order valence-electron chi connectivity index (χ3n) is 3.11. The van der Waals surface area contributed by atoms with E-state index in [0.29, 0.717) is 11.9 Å². The van der Waals surface area contributed by atoms with Gasteiger partial charge in [0.2, 0.25) is 0 Å². The molecule has 0 saturated heterocycles. The molecule has 0 fully saturated rings. The van der Waals surface area contributed by atoms with Crippen LogP contribution in [0.5, 0.6) is 0 Å². The van der Waals surface area contributed by atoms with Gasteiger partial charge in [0.15, 0.2) is 5.82 Å². The molecule has 7 heteroatoms. The molecular weight excluding hydrogens is 295 g/mol. The molecule has 0 unspecified atom stereocenters. The van der Waals surface area contributed by atoms with Gasteiger partial charge in [-0.1, -0.05) is 30.3 Å². The van der Waals surface area contributed by atoms with Crippen molar-refractivity contribution in [2.45, 2.75) is 6.18 Å². The zero-order valence-electron chi connectivity index (χ0n) is 11.1. The van der Waals surface area contributed by atoms with E-state index in [0.717, 1.165) is 22.4 Å². The summed E-state index contributed by atoms with van der Waals surface area (Å²) in [5.74, 6) is 0.0974. The highest BCUT2D eigenvalue weighted by atomic mass is 19.4. The van der Waals surface area contributed by atoms with E-state index in [1.165, 1.54) is 6.07 Å². The van der Waals surface area contributed by atoms with Crippen LogP contribution >= 0.6 is 0 Å². The number of halogens is 3. The normalized spacial score (nSPS) is 11.6. The van der Waals surface area contributed by atoms with E-state index in [2.05, 4.69) is 10.1 Å². The fraction of sp³-hybridized carbons (Fsp3) is 0.0667. The molecule has 3 aromatic rings. The van der Waals surface area contributed by atoms with E-state index in [1.54, 1.807) is 0 Å². The largest absolute Gasteiger partial charge is 0.417 e. The highest BCUT2D eigenvalue weighted by molar-refractivity contribution is 5.58. The standard InChI is InChI=1S/C15H10F3N3O/c16-15(17,18)11-6-7-13(19-9-11)21-14(22)8-12(20-21)10-4-2-1-3-5-10/h1-9,20H. The summed E-state index contributed by atoms with van der Waals surface area (Å²) >= 11 is 0. The van der Waals surface area contributed by atoms with Gasteiger partial charge < -0.3 is 0 Å². The number of hydrogen-bond donors (Lipinski definition) is 1. The minimum atomic E-state index is -4.46. The van der Waals surface area contributed by atoms with E-state index in [1.807, 2.05) is 30.3 Å². The second kappa shape index (κ2) is 5.18. The van der Waals surface area contributed by atoms with E-state index in [4.69, 9.17) is 0 Å². The van der Waals surface area contributed by atoms with Gasteiger partial charge in [-0.25, -0.2) is 9.67 Å². The number of nitrogens with zero attached hydrogens (tertiary/aromatic N) is 2. The van der Waals surface area contributed by atoms with Crippen molar-refractivity contribution in [3.05, 3.63) is 70.6 Å². The fourth-order valence-electron chi connectivity index (χ4n) is 2.02. The Morgan fingerprint density at radius 1 is 1.05 bits per heavy atom. The Kier molecular flexibility index (Phi) is 3.32. The summed E-state index contributed by atoms with van der Waals surface area (Å²) in [5, 5.41) is 2.83. The number of rotatable bonds is 2. The van der Waals surface area contributed by atoms with E-state index in [9.17, 15) is 18.0 Å². The molecule has 4 nitrogen and oxygen atoms in total. The van der Waals surface area contributed by atoms with Crippen molar-refractivity contribution in [3.63, 3.8) is 0 Å². The summed E-state index contributed by atoms with van der Waals surface area (Å²) in [6, 6.07) is 12.5. The van der Waals surface area contributed by atoms with E-state index in [-0.39, 0.29) is 5.82 Å². The Hall–Kier alpha value is -2.83. The first-order valence-corrected chi connectivity index (χ1v) is 6.36. The maximum absolute atomic E-state index is 12.5. The first kappa shape index (κ1) is 14.1. The van der Waals surface area contributed by atoms with Crippen LogP contribution in [0.3, 0.4) is 0 Å². The summed E-state index contributed by atoms with van der Waals surface area (Å²) in [4.78, 5) is 15.7. The molecule has 22 heavy (non-hydrogen) atoms. The summed E-state index contributed by atoms with van der Waals surface area (Å²) in [6.07, 6.45) is -3.76. The second-order valence-corrected chi connectivity index (χ2v) is 4.61. The summed E-state index contributed by atoms with van der Waals surface area (Å²) in [5.41, 5.74) is 0.0998. The lowest BCUT2D eigenvalue weighted by molar-refractivity contribution is -0.137. The predicted octanol–water partition coefficient (Wildman–Crippen LogP) is 3.25. The molecule has 0 amide bonds. The van der Waals surface area contributed by atoms with Crippen molar-refractivity contribution in [1.29, 1.82) is 0 Å². The molecular formula is C15H10F3N3O. The Balaban J connectivity index is 1.99. The molecule has 1 N–H and O–H groups in total. The van der Waals surface area contributed by atoms with Gasteiger partial charge in [-0.05, 0) is 17.7 Å². The SMILES string of the molecule is O=c1cc(-c2ccccc2)[nH]n1-c1ccc(C(F)(F)F)cn1. The van der Waals surface area contributed by atoms with Gasteiger partial charge in [-0.3, -0.25) is 9.89 Å². The third kappa shape index (κ3) is 2.65. The van der Waals surface area contributed by atoms with Crippen LogP contribution < -0.4 is 5.56 Å². The number of nitrogens with one attached hydrogen (secondary N) is 1. The zero-order valence-corrected chi connectivity index (χ0v) is 11.1. The average Bonchev–Trinajstić information content (AvgIpc) is 2.89. The number of alkyl halides is 3. The lowest BCUT2D eigenvalue weighted by atomic mass is 10.2. The first-order valence-electron chi connectivity index (χ1n) is 6.36. The van der Waals surface area contributed by atoms with Crippen LogP contribution in [0, 0.1) is 0 Å². The molecule has 0 bridgehead atoms. The topological polar surface area (TPSA) is 50.7 Å². The summed E-state index contributed by atoms with van der Waals surface area (Å²) in [6.45, 7) is 0. The van der Waals surface area contributed by atoms with Gasteiger partial charge in [0.25, 0.3) is 5.56 Å². The van der Waals surface area contributed by atoms with Crippen molar-refractivity contribution in [3.8, 4) is 17.1 Å².